The summed E-state index contributed by atoms with van der Waals surface area (Å²) in [4.78, 5) is 23.4. The Morgan fingerprint density at radius 1 is 0.880 bits per heavy atom. The van der Waals surface area contributed by atoms with E-state index < -0.39 is 12.2 Å². The van der Waals surface area contributed by atoms with E-state index in [0.29, 0.717) is 37.8 Å². The van der Waals surface area contributed by atoms with Gasteiger partial charge < -0.3 is 18.9 Å². The molecule has 0 fully saturated rings. The van der Waals surface area contributed by atoms with Crippen LogP contribution in [0.2, 0.25) is 0 Å². The molecule has 0 aliphatic rings. The second-order valence-corrected chi connectivity index (χ2v) is 4.95. The maximum atomic E-state index is 11.7. The number of carbonyl (C=O) groups excluding carboxylic acids is 2. The molecule has 8 nitrogen and oxygen atoms in total. The van der Waals surface area contributed by atoms with Gasteiger partial charge in [0.2, 0.25) is 0 Å². The van der Waals surface area contributed by atoms with Crippen LogP contribution in [0.25, 0.3) is 0 Å². The van der Waals surface area contributed by atoms with Gasteiger partial charge in [0.25, 0.3) is 0 Å². The number of hydrogen-bond donors (Lipinski definition) is 2. The van der Waals surface area contributed by atoms with Crippen LogP contribution in [0.5, 0.6) is 0 Å². The van der Waals surface area contributed by atoms with Crippen molar-refractivity contribution in [1.82, 2.24) is 0 Å². The largest absolute Gasteiger partial charge is 0.447 e. The molecule has 0 saturated carbocycles. The van der Waals surface area contributed by atoms with E-state index in [9.17, 15) is 9.59 Å². The Morgan fingerprint density at radius 2 is 1.44 bits per heavy atom. The fourth-order valence-electron chi connectivity index (χ4n) is 1.81. The van der Waals surface area contributed by atoms with Crippen LogP contribution in [0, 0.1) is 6.92 Å². The summed E-state index contributed by atoms with van der Waals surface area (Å²) in [5.74, 6) is 0. The van der Waals surface area contributed by atoms with E-state index in [1.165, 1.54) is 0 Å². The highest BCUT2D eigenvalue weighted by atomic mass is 16.6. The number of aryl methyl sites for hydroxylation is 1. The number of amides is 2. The predicted octanol–water partition coefficient (Wildman–Crippen LogP) is 3.17. The summed E-state index contributed by atoms with van der Waals surface area (Å²) in [6.45, 7) is 7.73. The minimum Gasteiger partial charge on any atom is -0.447 e. The molecule has 0 heterocycles. The van der Waals surface area contributed by atoms with E-state index in [0.717, 1.165) is 5.56 Å². The highest BCUT2D eigenvalue weighted by Crippen LogP contribution is 2.20. The molecule has 1 aromatic rings. The number of hydrogen-bond acceptors (Lipinski definition) is 6. The maximum absolute atomic E-state index is 11.7. The molecule has 0 unspecified atom stereocenters. The van der Waals surface area contributed by atoms with Crippen molar-refractivity contribution in [2.45, 2.75) is 20.8 Å². The van der Waals surface area contributed by atoms with Gasteiger partial charge in [-0.15, -0.1) is 0 Å². The van der Waals surface area contributed by atoms with Crippen LogP contribution in [0.3, 0.4) is 0 Å². The number of carbonyl (C=O) groups is 2. The van der Waals surface area contributed by atoms with Gasteiger partial charge in [-0.2, -0.15) is 0 Å². The molecule has 8 heteroatoms. The Balaban J connectivity index is 2.49. The van der Waals surface area contributed by atoms with Crippen LogP contribution in [-0.4, -0.2) is 51.8 Å². The number of rotatable bonds is 10. The molecule has 0 aliphatic carbocycles. The normalized spacial score (nSPS) is 10.2. The van der Waals surface area contributed by atoms with Crippen LogP contribution in [0.4, 0.5) is 21.0 Å². The molecule has 0 saturated heterocycles. The van der Waals surface area contributed by atoms with Gasteiger partial charge in [0, 0.05) is 24.6 Å². The molecule has 0 atom stereocenters. The number of nitrogens with one attached hydrogen (secondary N) is 2. The smallest absolute Gasteiger partial charge is 0.411 e. The fourth-order valence-corrected chi connectivity index (χ4v) is 1.81. The average Bonchev–Trinajstić information content (AvgIpc) is 2.58. The second-order valence-electron chi connectivity index (χ2n) is 4.95. The van der Waals surface area contributed by atoms with Gasteiger partial charge >= 0.3 is 12.2 Å². The van der Waals surface area contributed by atoms with E-state index in [2.05, 4.69) is 10.6 Å². The summed E-state index contributed by atoms with van der Waals surface area (Å²) in [5.41, 5.74) is 1.86. The van der Waals surface area contributed by atoms with Gasteiger partial charge in [-0.25, -0.2) is 9.59 Å². The quantitative estimate of drug-likeness (QED) is 0.627. The average molecular weight is 354 g/mol. The minimum absolute atomic E-state index is 0.169. The van der Waals surface area contributed by atoms with Gasteiger partial charge in [-0.1, -0.05) is 6.07 Å². The van der Waals surface area contributed by atoms with E-state index in [1.807, 2.05) is 20.8 Å². The molecule has 1 aromatic carbocycles. The van der Waals surface area contributed by atoms with Crippen molar-refractivity contribution >= 4 is 23.6 Å². The molecule has 0 aliphatic heterocycles. The lowest BCUT2D eigenvalue weighted by Crippen LogP contribution is -2.18. The van der Waals surface area contributed by atoms with E-state index in [-0.39, 0.29) is 13.2 Å². The zero-order chi connectivity index (χ0) is 18.5. The SMILES string of the molecule is CCOCCOC(=O)Nc1ccc(C)c(NC(=O)OCCOCC)c1. The lowest BCUT2D eigenvalue weighted by atomic mass is 10.2. The highest BCUT2D eigenvalue weighted by Gasteiger charge is 2.09. The highest BCUT2D eigenvalue weighted by molar-refractivity contribution is 5.89. The third-order valence-electron chi connectivity index (χ3n) is 3.05. The van der Waals surface area contributed by atoms with Crippen LogP contribution < -0.4 is 10.6 Å². The van der Waals surface area contributed by atoms with Gasteiger partial charge in [0.1, 0.15) is 13.2 Å². The molecular formula is C17H26N2O6. The van der Waals surface area contributed by atoms with Crippen molar-refractivity contribution in [3.05, 3.63) is 23.8 Å². The predicted molar refractivity (Wildman–Crippen MR) is 94.1 cm³/mol. The molecule has 25 heavy (non-hydrogen) atoms. The molecular weight excluding hydrogens is 328 g/mol. The molecule has 140 valence electrons. The number of anilines is 2. The van der Waals surface area contributed by atoms with E-state index >= 15 is 0 Å². The Bertz CT molecular complexity index is 550. The summed E-state index contributed by atoms with van der Waals surface area (Å²) in [6, 6.07) is 5.11. The van der Waals surface area contributed by atoms with Gasteiger partial charge in [0.05, 0.1) is 13.2 Å². The molecule has 0 bridgehead atoms. The Kier molecular flexibility index (Phi) is 10.0. The lowest BCUT2D eigenvalue weighted by molar-refractivity contribution is 0.0849. The summed E-state index contributed by atoms with van der Waals surface area (Å²) >= 11 is 0. The van der Waals surface area contributed by atoms with Crippen molar-refractivity contribution in [3.63, 3.8) is 0 Å². The van der Waals surface area contributed by atoms with Crippen LogP contribution in [-0.2, 0) is 18.9 Å². The van der Waals surface area contributed by atoms with Crippen molar-refractivity contribution in [3.8, 4) is 0 Å². The van der Waals surface area contributed by atoms with E-state index in [4.69, 9.17) is 18.9 Å². The maximum Gasteiger partial charge on any atom is 0.411 e. The first kappa shape index (κ1) is 20.7. The second kappa shape index (κ2) is 12.1. The first-order chi connectivity index (χ1) is 12.1. The zero-order valence-electron chi connectivity index (χ0n) is 14.9. The fraction of sp³-hybridized carbons (Fsp3) is 0.529. The number of benzene rings is 1. The van der Waals surface area contributed by atoms with Crippen LogP contribution in [0.1, 0.15) is 19.4 Å². The minimum atomic E-state index is -0.589. The van der Waals surface area contributed by atoms with Crippen molar-refractivity contribution in [2.24, 2.45) is 0 Å². The Morgan fingerprint density at radius 3 is 2.00 bits per heavy atom. The molecule has 2 amide bonds. The summed E-state index contributed by atoms with van der Waals surface area (Å²) < 4.78 is 20.2. The third kappa shape index (κ3) is 8.92. The van der Waals surface area contributed by atoms with Crippen LogP contribution >= 0.6 is 0 Å². The van der Waals surface area contributed by atoms with Crippen molar-refractivity contribution in [1.29, 1.82) is 0 Å². The molecule has 0 spiro atoms. The van der Waals surface area contributed by atoms with Gasteiger partial charge in [0.15, 0.2) is 0 Å². The first-order valence-electron chi connectivity index (χ1n) is 8.20. The van der Waals surface area contributed by atoms with Gasteiger partial charge in [-0.3, -0.25) is 10.6 Å². The topological polar surface area (TPSA) is 95.1 Å². The Labute approximate surface area is 147 Å². The third-order valence-corrected chi connectivity index (χ3v) is 3.05. The molecule has 0 radical (unpaired) electrons. The summed E-state index contributed by atoms with van der Waals surface area (Å²) in [6.07, 6.45) is -1.17. The van der Waals surface area contributed by atoms with Crippen molar-refractivity contribution in [2.75, 3.05) is 50.3 Å². The first-order valence-corrected chi connectivity index (χ1v) is 8.20. The van der Waals surface area contributed by atoms with Gasteiger partial charge in [-0.05, 0) is 38.5 Å². The van der Waals surface area contributed by atoms with E-state index in [1.54, 1.807) is 18.2 Å². The molecule has 2 N–H and O–H groups in total. The lowest BCUT2D eigenvalue weighted by Gasteiger charge is -2.12. The summed E-state index contributed by atoms with van der Waals surface area (Å²) in [5, 5.41) is 5.22. The standard InChI is InChI=1S/C17H26N2O6/c1-4-22-8-10-24-16(20)18-14-7-6-13(3)15(12-14)19-17(21)25-11-9-23-5-2/h6-7,12H,4-5,8-11H2,1-3H3,(H,18,20)(H,19,21). The zero-order valence-corrected chi connectivity index (χ0v) is 14.9. The molecule has 1 rings (SSSR count). The van der Waals surface area contributed by atoms with Crippen molar-refractivity contribution < 1.29 is 28.5 Å². The number of ether oxygens (including phenoxy) is 4. The van der Waals surface area contributed by atoms with Crippen LogP contribution in [0.15, 0.2) is 18.2 Å². The summed E-state index contributed by atoms with van der Waals surface area (Å²) in [7, 11) is 0. The Hall–Kier alpha value is -2.32. The monoisotopic (exact) mass is 354 g/mol. The molecule has 0 aromatic heterocycles.